The fourth-order valence-electron chi connectivity index (χ4n) is 4.20. The minimum atomic E-state index is -0.0680. The molecule has 1 aliphatic carbocycles. The first-order valence-corrected chi connectivity index (χ1v) is 9.85. The van der Waals surface area contributed by atoms with Crippen molar-refractivity contribution >= 4 is 6.03 Å². The maximum absolute atomic E-state index is 12.3. The number of nitrogens with one attached hydrogen (secondary N) is 2. The predicted molar refractivity (Wildman–Crippen MR) is 98.1 cm³/mol. The number of rotatable bonds is 7. The van der Waals surface area contributed by atoms with Crippen molar-refractivity contribution in [2.24, 2.45) is 5.41 Å². The van der Waals surface area contributed by atoms with Gasteiger partial charge >= 0.3 is 6.03 Å². The Labute approximate surface area is 147 Å². The number of carbonyl (C=O) groups is 1. The maximum atomic E-state index is 12.3. The minimum Gasteiger partial charge on any atom is -0.396 e. The number of amides is 2. The van der Waals surface area contributed by atoms with Gasteiger partial charge in [0, 0.05) is 25.2 Å². The summed E-state index contributed by atoms with van der Waals surface area (Å²) in [6.45, 7) is 8.03. The van der Waals surface area contributed by atoms with Crippen LogP contribution in [-0.4, -0.2) is 54.4 Å². The first kappa shape index (κ1) is 19.5. The number of nitrogens with zero attached hydrogens (tertiary/aromatic N) is 1. The molecule has 0 unspecified atom stereocenters. The zero-order valence-corrected chi connectivity index (χ0v) is 15.7. The molecule has 0 atom stereocenters. The Hall–Kier alpha value is -0.810. The van der Waals surface area contributed by atoms with Crippen molar-refractivity contribution in [2.75, 3.05) is 32.8 Å². The number of hydrogen-bond donors (Lipinski definition) is 3. The molecule has 3 N–H and O–H groups in total. The van der Waals surface area contributed by atoms with Crippen LogP contribution in [0.15, 0.2) is 0 Å². The van der Waals surface area contributed by atoms with Crippen LogP contribution in [0.25, 0.3) is 0 Å². The number of aliphatic hydroxyl groups is 1. The number of aliphatic hydroxyl groups excluding tert-OH is 1. The fourth-order valence-corrected chi connectivity index (χ4v) is 4.20. The van der Waals surface area contributed by atoms with Crippen LogP contribution in [0, 0.1) is 5.41 Å². The zero-order chi connectivity index (χ0) is 17.5. The number of urea groups is 1. The Morgan fingerprint density at radius 2 is 1.67 bits per heavy atom. The molecule has 0 bridgehead atoms. The van der Waals surface area contributed by atoms with Gasteiger partial charge in [0.1, 0.15) is 0 Å². The highest BCUT2D eigenvalue weighted by molar-refractivity contribution is 5.73. The summed E-state index contributed by atoms with van der Waals surface area (Å²) in [4.78, 5) is 14.9. The largest absolute Gasteiger partial charge is 0.396 e. The molecule has 1 aliphatic heterocycles. The molecule has 0 aromatic rings. The average Bonchev–Trinajstić information content (AvgIpc) is 2.60. The molecule has 0 aromatic carbocycles. The molecule has 0 aromatic heterocycles. The summed E-state index contributed by atoms with van der Waals surface area (Å²) in [5, 5.41) is 15.2. The number of carbonyl (C=O) groups excluding carboxylic acids is 1. The predicted octanol–water partition coefficient (Wildman–Crippen LogP) is 2.88. The van der Waals surface area contributed by atoms with Gasteiger partial charge in [0.05, 0.1) is 0 Å². The summed E-state index contributed by atoms with van der Waals surface area (Å²) >= 11 is 0. The van der Waals surface area contributed by atoms with Crippen molar-refractivity contribution in [3.8, 4) is 0 Å². The summed E-state index contributed by atoms with van der Waals surface area (Å²) in [5.74, 6) is 0. The summed E-state index contributed by atoms with van der Waals surface area (Å²) < 4.78 is 0. The van der Waals surface area contributed by atoms with Crippen molar-refractivity contribution in [3.63, 3.8) is 0 Å². The van der Waals surface area contributed by atoms with Crippen LogP contribution in [0.1, 0.15) is 71.6 Å². The van der Waals surface area contributed by atoms with Gasteiger partial charge in [-0.2, -0.15) is 0 Å². The van der Waals surface area contributed by atoms with Gasteiger partial charge in [-0.3, -0.25) is 4.90 Å². The van der Waals surface area contributed by atoms with E-state index >= 15 is 0 Å². The molecule has 24 heavy (non-hydrogen) atoms. The Bertz CT molecular complexity index is 386. The molecule has 2 rings (SSSR count). The standard InChI is InChI=1S/C19H37N3O2/c1-18(2,11-14-23)15-20-17(24)21-16-19(9-5-3-6-10-19)22-12-7-4-8-13-22/h23H,3-16H2,1-2H3,(H2,20,21,24). The lowest BCUT2D eigenvalue weighted by Gasteiger charge is -2.48. The highest BCUT2D eigenvalue weighted by Gasteiger charge is 2.38. The Morgan fingerprint density at radius 1 is 1.04 bits per heavy atom. The second-order valence-electron chi connectivity index (χ2n) is 8.51. The van der Waals surface area contributed by atoms with Gasteiger partial charge in [-0.1, -0.05) is 39.5 Å². The second-order valence-corrected chi connectivity index (χ2v) is 8.51. The molecule has 140 valence electrons. The Kier molecular flexibility index (Phi) is 7.35. The summed E-state index contributed by atoms with van der Waals surface area (Å²) in [6, 6.07) is -0.0667. The normalized spacial score (nSPS) is 22.1. The fraction of sp³-hybridized carbons (Fsp3) is 0.947. The highest BCUT2D eigenvalue weighted by atomic mass is 16.3. The van der Waals surface area contributed by atoms with Crippen LogP contribution in [0.2, 0.25) is 0 Å². The topological polar surface area (TPSA) is 64.6 Å². The van der Waals surface area contributed by atoms with Crippen molar-refractivity contribution < 1.29 is 9.90 Å². The number of hydrogen-bond acceptors (Lipinski definition) is 3. The van der Waals surface area contributed by atoms with Gasteiger partial charge in [0.2, 0.25) is 0 Å². The molecule has 5 heteroatoms. The van der Waals surface area contributed by atoms with Gasteiger partial charge in [-0.25, -0.2) is 4.79 Å². The molecule has 2 amide bonds. The molecule has 1 saturated heterocycles. The summed E-state index contributed by atoms with van der Waals surface area (Å²) in [6.07, 6.45) is 11.0. The summed E-state index contributed by atoms with van der Waals surface area (Å²) in [5.41, 5.74) is 0.109. The van der Waals surface area contributed by atoms with E-state index in [-0.39, 0.29) is 23.6 Å². The first-order chi connectivity index (χ1) is 11.5. The van der Waals surface area contributed by atoms with Crippen LogP contribution < -0.4 is 10.6 Å². The van der Waals surface area contributed by atoms with Gasteiger partial charge in [-0.15, -0.1) is 0 Å². The molecular weight excluding hydrogens is 302 g/mol. The zero-order valence-electron chi connectivity index (χ0n) is 15.7. The van der Waals surface area contributed by atoms with E-state index < -0.39 is 0 Å². The molecule has 2 fully saturated rings. The quantitative estimate of drug-likeness (QED) is 0.668. The number of piperidine rings is 1. The van der Waals surface area contributed by atoms with E-state index in [1.807, 2.05) is 0 Å². The maximum Gasteiger partial charge on any atom is 0.314 e. The van der Waals surface area contributed by atoms with E-state index in [9.17, 15) is 4.79 Å². The van der Waals surface area contributed by atoms with Crippen LogP contribution in [-0.2, 0) is 0 Å². The average molecular weight is 340 g/mol. The lowest BCUT2D eigenvalue weighted by Crippen LogP contribution is -2.59. The monoisotopic (exact) mass is 339 g/mol. The van der Waals surface area contributed by atoms with Gasteiger partial charge in [0.25, 0.3) is 0 Å². The van der Waals surface area contributed by atoms with E-state index in [2.05, 4.69) is 29.4 Å². The van der Waals surface area contributed by atoms with Crippen molar-refractivity contribution in [2.45, 2.75) is 77.2 Å². The summed E-state index contributed by atoms with van der Waals surface area (Å²) in [7, 11) is 0. The molecule has 1 heterocycles. The molecular formula is C19H37N3O2. The minimum absolute atomic E-state index is 0.0667. The van der Waals surface area contributed by atoms with E-state index in [1.54, 1.807) is 0 Å². The van der Waals surface area contributed by atoms with Crippen LogP contribution >= 0.6 is 0 Å². The van der Waals surface area contributed by atoms with Crippen LogP contribution in [0.5, 0.6) is 0 Å². The molecule has 2 aliphatic rings. The van der Waals surface area contributed by atoms with Gasteiger partial charge < -0.3 is 15.7 Å². The smallest absolute Gasteiger partial charge is 0.314 e. The third-order valence-corrected chi connectivity index (χ3v) is 5.91. The van der Waals surface area contributed by atoms with E-state index in [4.69, 9.17) is 5.11 Å². The van der Waals surface area contributed by atoms with E-state index in [1.165, 1.54) is 64.5 Å². The molecule has 5 nitrogen and oxygen atoms in total. The van der Waals surface area contributed by atoms with E-state index in [0.717, 1.165) is 6.54 Å². The van der Waals surface area contributed by atoms with Crippen LogP contribution in [0.3, 0.4) is 0 Å². The molecule has 0 radical (unpaired) electrons. The van der Waals surface area contributed by atoms with Crippen molar-refractivity contribution in [1.82, 2.24) is 15.5 Å². The van der Waals surface area contributed by atoms with E-state index in [0.29, 0.717) is 13.0 Å². The third kappa shape index (κ3) is 5.62. The SMILES string of the molecule is CC(C)(CCO)CNC(=O)NCC1(N2CCCCC2)CCCCC1. The third-order valence-electron chi connectivity index (χ3n) is 5.91. The van der Waals surface area contributed by atoms with Crippen LogP contribution in [0.4, 0.5) is 4.79 Å². The Morgan fingerprint density at radius 3 is 2.29 bits per heavy atom. The second kappa shape index (κ2) is 9.04. The Balaban J connectivity index is 1.84. The molecule has 1 saturated carbocycles. The first-order valence-electron chi connectivity index (χ1n) is 9.85. The van der Waals surface area contributed by atoms with Crippen molar-refractivity contribution in [1.29, 1.82) is 0 Å². The lowest BCUT2D eigenvalue weighted by atomic mass is 9.79. The van der Waals surface area contributed by atoms with Gasteiger partial charge in [-0.05, 0) is 50.6 Å². The number of likely N-dealkylation sites (tertiary alicyclic amines) is 1. The molecule has 0 spiro atoms. The van der Waals surface area contributed by atoms with Crippen molar-refractivity contribution in [3.05, 3.63) is 0 Å². The lowest BCUT2D eigenvalue weighted by molar-refractivity contribution is 0.0354. The highest BCUT2D eigenvalue weighted by Crippen LogP contribution is 2.35. The van der Waals surface area contributed by atoms with Gasteiger partial charge in [0.15, 0.2) is 0 Å².